The van der Waals surface area contributed by atoms with Crippen molar-refractivity contribution in [1.29, 1.82) is 5.26 Å². The number of carbonyl (C=O) groups is 2. The molecule has 2 aromatic rings. The largest absolute Gasteiger partial charge is 0.455 e. The summed E-state index contributed by atoms with van der Waals surface area (Å²) in [5.74, 6) is -0.939. The predicted octanol–water partition coefficient (Wildman–Crippen LogP) is 3.00. The van der Waals surface area contributed by atoms with E-state index in [-0.39, 0.29) is 18.1 Å². The van der Waals surface area contributed by atoms with Crippen LogP contribution in [0.25, 0.3) is 0 Å². The molecular formula is C15H11ClN2O3S. The average Bonchev–Trinajstić information content (AvgIpc) is 2.98. The molecule has 0 fully saturated rings. The molecule has 0 aliphatic heterocycles. The van der Waals surface area contributed by atoms with E-state index in [0.717, 1.165) is 5.56 Å². The third-order valence-corrected chi connectivity index (χ3v) is 3.71. The van der Waals surface area contributed by atoms with E-state index in [0.29, 0.717) is 11.3 Å². The van der Waals surface area contributed by atoms with Crippen LogP contribution in [0.5, 0.6) is 0 Å². The van der Waals surface area contributed by atoms with E-state index in [1.54, 1.807) is 6.07 Å². The highest BCUT2D eigenvalue weighted by molar-refractivity contribution is 7.08. The number of hydrogen-bond donors (Lipinski definition) is 1. The van der Waals surface area contributed by atoms with Crippen LogP contribution in [0.1, 0.15) is 11.1 Å². The summed E-state index contributed by atoms with van der Waals surface area (Å²) >= 11 is 7.35. The SMILES string of the molecule is N#Cc1ccc(NC(=O)COC(=O)Cc2ccsc2)cc1Cl. The lowest BCUT2D eigenvalue weighted by Crippen LogP contribution is -2.21. The zero-order valence-electron chi connectivity index (χ0n) is 11.3. The lowest BCUT2D eigenvalue weighted by molar-refractivity contribution is -0.146. The van der Waals surface area contributed by atoms with E-state index in [9.17, 15) is 9.59 Å². The molecule has 22 heavy (non-hydrogen) atoms. The van der Waals surface area contributed by atoms with E-state index >= 15 is 0 Å². The maximum Gasteiger partial charge on any atom is 0.310 e. The number of nitriles is 1. The molecule has 0 saturated carbocycles. The smallest absolute Gasteiger partial charge is 0.310 e. The molecule has 1 aromatic carbocycles. The van der Waals surface area contributed by atoms with Crippen molar-refractivity contribution in [3.63, 3.8) is 0 Å². The van der Waals surface area contributed by atoms with Gasteiger partial charge in [-0.3, -0.25) is 9.59 Å². The molecular weight excluding hydrogens is 324 g/mol. The fourth-order valence-electron chi connectivity index (χ4n) is 1.64. The van der Waals surface area contributed by atoms with E-state index in [1.165, 1.54) is 23.5 Å². The van der Waals surface area contributed by atoms with Crippen molar-refractivity contribution in [1.82, 2.24) is 0 Å². The highest BCUT2D eigenvalue weighted by atomic mass is 35.5. The van der Waals surface area contributed by atoms with Crippen molar-refractivity contribution < 1.29 is 14.3 Å². The van der Waals surface area contributed by atoms with Crippen LogP contribution in [-0.4, -0.2) is 18.5 Å². The second-order valence-electron chi connectivity index (χ2n) is 4.32. The van der Waals surface area contributed by atoms with Gasteiger partial charge in [0, 0.05) is 5.69 Å². The zero-order chi connectivity index (χ0) is 15.9. The van der Waals surface area contributed by atoms with E-state index in [4.69, 9.17) is 21.6 Å². The van der Waals surface area contributed by atoms with Gasteiger partial charge < -0.3 is 10.1 Å². The molecule has 0 aliphatic rings. The molecule has 0 saturated heterocycles. The number of nitrogens with one attached hydrogen (secondary N) is 1. The Morgan fingerprint density at radius 2 is 2.18 bits per heavy atom. The molecule has 5 nitrogen and oxygen atoms in total. The van der Waals surface area contributed by atoms with Crippen molar-refractivity contribution in [3.8, 4) is 6.07 Å². The van der Waals surface area contributed by atoms with Crippen LogP contribution in [0.2, 0.25) is 5.02 Å². The van der Waals surface area contributed by atoms with Gasteiger partial charge in [0.25, 0.3) is 5.91 Å². The molecule has 0 unspecified atom stereocenters. The Balaban J connectivity index is 1.82. The summed E-state index contributed by atoms with van der Waals surface area (Å²) in [6.07, 6.45) is 0.138. The molecule has 0 radical (unpaired) electrons. The lowest BCUT2D eigenvalue weighted by Gasteiger charge is -2.07. The van der Waals surface area contributed by atoms with Crippen LogP contribution in [0.3, 0.4) is 0 Å². The van der Waals surface area contributed by atoms with Gasteiger partial charge in [-0.2, -0.15) is 16.6 Å². The Bertz CT molecular complexity index is 723. The molecule has 0 spiro atoms. The molecule has 7 heteroatoms. The topological polar surface area (TPSA) is 79.2 Å². The molecule has 1 heterocycles. The average molecular weight is 335 g/mol. The van der Waals surface area contributed by atoms with Gasteiger partial charge in [-0.1, -0.05) is 11.6 Å². The van der Waals surface area contributed by atoms with Gasteiger partial charge in [0.05, 0.1) is 17.0 Å². The number of esters is 1. The summed E-state index contributed by atoms with van der Waals surface area (Å²) in [4.78, 5) is 23.2. The normalized spacial score (nSPS) is 9.82. The Hall–Kier alpha value is -2.36. The van der Waals surface area contributed by atoms with E-state index in [2.05, 4.69) is 5.32 Å². The molecule has 112 valence electrons. The van der Waals surface area contributed by atoms with Crippen molar-refractivity contribution in [3.05, 3.63) is 51.2 Å². The van der Waals surface area contributed by atoms with Gasteiger partial charge in [0.1, 0.15) is 6.07 Å². The van der Waals surface area contributed by atoms with Gasteiger partial charge in [-0.25, -0.2) is 0 Å². The Labute approximate surface area is 136 Å². The lowest BCUT2D eigenvalue weighted by atomic mass is 10.2. The van der Waals surface area contributed by atoms with Gasteiger partial charge in [-0.05, 0) is 40.6 Å². The summed E-state index contributed by atoms with van der Waals surface area (Å²) in [5, 5.41) is 15.3. The number of carbonyl (C=O) groups excluding carboxylic acids is 2. The standard InChI is InChI=1S/C15H11ClN2O3S/c16-13-6-12(2-1-11(13)7-17)18-14(19)8-21-15(20)5-10-3-4-22-9-10/h1-4,6,9H,5,8H2,(H,18,19). The summed E-state index contributed by atoms with van der Waals surface area (Å²) < 4.78 is 4.89. The number of benzene rings is 1. The number of ether oxygens (including phenoxy) is 1. The number of halogens is 1. The third-order valence-electron chi connectivity index (χ3n) is 2.67. The van der Waals surface area contributed by atoms with E-state index < -0.39 is 11.9 Å². The predicted molar refractivity (Wildman–Crippen MR) is 83.8 cm³/mol. The molecule has 2 rings (SSSR count). The number of anilines is 1. The summed E-state index contributed by atoms with van der Waals surface area (Å²) in [6, 6.07) is 8.26. The fourth-order valence-corrected chi connectivity index (χ4v) is 2.53. The van der Waals surface area contributed by atoms with Crippen molar-refractivity contribution in [2.24, 2.45) is 0 Å². The maximum absolute atomic E-state index is 11.7. The van der Waals surface area contributed by atoms with Crippen molar-refractivity contribution in [2.45, 2.75) is 6.42 Å². The Morgan fingerprint density at radius 1 is 1.36 bits per heavy atom. The summed E-state index contributed by atoms with van der Waals surface area (Å²) in [7, 11) is 0. The van der Waals surface area contributed by atoms with Gasteiger partial charge in [-0.15, -0.1) is 0 Å². The van der Waals surface area contributed by atoms with Crippen LogP contribution < -0.4 is 5.32 Å². The number of rotatable bonds is 5. The molecule has 1 aromatic heterocycles. The van der Waals surface area contributed by atoms with Crippen molar-refractivity contribution >= 4 is 40.5 Å². The quantitative estimate of drug-likeness (QED) is 0.852. The zero-order valence-corrected chi connectivity index (χ0v) is 12.9. The minimum absolute atomic E-state index is 0.138. The van der Waals surface area contributed by atoms with Crippen LogP contribution >= 0.6 is 22.9 Å². The number of amides is 1. The third kappa shape index (κ3) is 4.58. The second kappa shape index (κ2) is 7.59. The van der Waals surface area contributed by atoms with Gasteiger partial charge in [0.2, 0.25) is 0 Å². The van der Waals surface area contributed by atoms with Gasteiger partial charge >= 0.3 is 5.97 Å². The number of thiophene rings is 1. The Kier molecular flexibility index (Phi) is 5.53. The van der Waals surface area contributed by atoms with Gasteiger partial charge in [0.15, 0.2) is 6.61 Å². The maximum atomic E-state index is 11.7. The number of nitrogens with zero attached hydrogens (tertiary/aromatic N) is 1. The fraction of sp³-hybridized carbons (Fsp3) is 0.133. The molecule has 1 amide bonds. The van der Waals surface area contributed by atoms with Crippen LogP contribution in [0, 0.1) is 11.3 Å². The first-order chi connectivity index (χ1) is 10.6. The first kappa shape index (κ1) is 16.0. The number of hydrogen-bond acceptors (Lipinski definition) is 5. The molecule has 1 N–H and O–H groups in total. The Morgan fingerprint density at radius 3 is 2.82 bits per heavy atom. The summed E-state index contributed by atoms with van der Waals surface area (Å²) in [6.45, 7) is -0.374. The first-order valence-corrected chi connectivity index (χ1v) is 7.57. The van der Waals surface area contributed by atoms with Crippen LogP contribution in [-0.2, 0) is 20.7 Å². The van der Waals surface area contributed by atoms with Crippen LogP contribution in [0.15, 0.2) is 35.0 Å². The molecule has 0 atom stereocenters. The minimum atomic E-state index is -0.473. The van der Waals surface area contributed by atoms with Crippen LogP contribution in [0.4, 0.5) is 5.69 Å². The monoisotopic (exact) mass is 334 g/mol. The summed E-state index contributed by atoms with van der Waals surface area (Å²) in [5.41, 5.74) is 1.61. The minimum Gasteiger partial charge on any atom is -0.455 e. The van der Waals surface area contributed by atoms with E-state index in [1.807, 2.05) is 22.9 Å². The highest BCUT2D eigenvalue weighted by Gasteiger charge is 2.10. The second-order valence-corrected chi connectivity index (χ2v) is 5.51. The first-order valence-electron chi connectivity index (χ1n) is 6.24. The molecule has 0 aliphatic carbocycles. The highest BCUT2D eigenvalue weighted by Crippen LogP contribution is 2.20. The molecule has 0 bridgehead atoms. The van der Waals surface area contributed by atoms with Crippen molar-refractivity contribution in [2.75, 3.05) is 11.9 Å².